The van der Waals surface area contributed by atoms with Crippen LogP contribution >= 0.6 is 33.9 Å². The number of nitrogens with zero attached hydrogens (tertiary/aromatic N) is 1. The first kappa shape index (κ1) is 17.5. The lowest BCUT2D eigenvalue weighted by atomic mass is 10.2. The van der Waals surface area contributed by atoms with Crippen LogP contribution in [0.3, 0.4) is 0 Å². The summed E-state index contributed by atoms with van der Waals surface area (Å²) in [6.45, 7) is 0.655. The molecule has 0 unspecified atom stereocenters. The highest BCUT2D eigenvalue weighted by molar-refractivity contribution is 8.13. The van der Waals surface area contributed by atoms with E-state index in [9.17, 15) is 13.2 Å². The first-order chi connectivity index (χ1) is 9.18. The number of amides is 1. The summed E-state index contributed by atoms with van der Waals surface area (Å²) in [4.78, 5) is 13.3. The SMILES string of the molecule is COCCN(C)C(=O)c1cc(S(=O)(=O)Cl)cc(Cl)c1Cl. The molecule has 0 spiro atoms. The Balaban J connectivity index is 3.24. The van der Waals surface area contributed by atoms with E-state index in [1.807, 2.05) is 0 Å². The van der Waals surface area contributed by atoms with Gasteiger partial charge in [0.25, 0.3) is 15.0 Å². The zero-order valence-corrected chi connectivity index (χ0v) is 13.8. The van der Waals surface area contributed by atoms with E-state index >= 15 is 0 Å². The lowest BCUT2D eigenvalue weighted by Crippen LogP contribution is -2.30. The molecule has 0 saturated heterocycles. The first-order valence-corrected chi connectivity index (χ1v) is 8.43. The van der Waals surface area contributed by atoms with Gasteiger partial charge in [-0.25, -0.2) is 8.42 Å². The number of hydrogen-bond donors (Lipinski definition) is 0. The van der Waals surface area contributed by atoms with Crippen LogP contribution in [0.1, 0.15) is 10.4 Å². The number of hydrogen-bond acceptors (Lipinski definition) is 4. The fourth-order valence-corrected chi connectivity index (χ4v) is 2.65. The Morgan fingerprint density at radius 1 is 1.35 bits per heavy atom. The number of benzene rings is 1. The van der Waals surface area contributed by atoms with Gasteiger partial charge in [0, 0.05) is 31.4 Å². The average molecular weight is 361 g/mol. The van der Waals surface area contributed by atoms with Crippen LogP contribution in [0, 0.1) is 0 Å². The molecular weight excluding hydrogens is 349 g/mol. The molecule has 1 aromatic rings. The molecule has 9 heteroatoms. The van der Waals surface area contributed by atoms with Crippen LogP contribution in [0.15, 0.2) is 17.0 Å². The summed E-state index contributed by atoms with van der Waals surface area (Å²) in [5, 5.41) is -0.0816. The fourth-order valence-electron chi connectivity index (χ4n) is 1.40. The first-order valence-electron chi connectivity index (χ1n) is 5.36. The van der Waals surface area contributed by atoms with Crippen molar-refractivity contribution in [3.63, 3.8) is 0 Å². The van der Waals surface area contributed by atoms with Crippen molar-refractivity contribution in [2.75, 3.05) is 27.3 Å². The quantitative estimate of drug-likeness (QED) is 0.757. The van der Waals surface area contributed by atoms with E-state index in [2.05, 4.69) is 0 Å². The zero-order chi connectivity index (χ0) is 15.5. The van der Waals surface area contributed by atoms with Crippen LogP contribution in [-0.2, 0) is 13.8 Å². The van der Waals surface area contributed by atoms with Crippen LogP contribution in [0.5, 0.6) is 0 Å². The van der Waals surface area contributed by atoms with Gasteiger partial charge in [-0.1, -0.05) is 23.2 Å². The van der Waals surface area contributed by atoms with Crippen molar-refractivity contribution in [2.45, 2.75) is 4.90 Å². The fraction of sp³-hybridized carbons (Fsp3) is 0.364. The number of carbonyl (C=O) groups is 1. The summed E-state index contributed by atoms with van der Waals surface area (Å²) in [5.74, 6) is -0.476. The number of ether oxygens (including phenoxy) is 1. The molecule has 0 aromatic heterocycles. The maximum atomic E-state index is 12.2. The van der Waals surface area contributed by atoms with Gasteiger partial charge in [-0.3, -0.25) is 4.79 Å². The Hall–Kier alpha value is -0.530. The van der Waals surface area contributed by atoms with Crippen LogP contribution in [0.4, 0.5) is 0 Å². The Morgan fingerprint density at radius 3 is 2.45 bits per heavy atom. The van der Waals surface area contributed by atoms with Gasteiger partial charge in [-0.2, -0.15) is 0 Å². The van der Waals surface area contributed by atoms with Gasteiger partial charge in [0.1, 0.15) is 0 Å². The Kier molecular flexibility index (Phi) is 6.09. The topological polar surface area (TPSA) is 63.7 Å². The number of halogens is 3. The van der Waals surface area contributed by atoms with E-state index in [1.54, 1.807) is 0 Å². The van der Waals surface area contributed by atoms with Gasteiger partial charge in [-0.05, 0) is 12.1 Å². The standard InChI is InChI=1S/C11H12Cl3NO4S/c1-15(3-4-19-2)11(16)8-5-7(20(14,17)18)6-9(12)10(8)13/h5-6H,3-4H2,1-2H3. The Morgan fingerprint density at radius 2 is 1.95 bits per heavy atom. The van der Waals surface area contributed by atoms with E-state index in [-0.39, 0.29) is 20.5 Å². The van der Waals surface area contributed by atoms with E-state index in [4.69, 9.17) is 38.6 Å². The second-order valence-electron chi connectivity index (χ2n) is 3.92. The molecule has 0 aliphatic heterocycles. The molecule has 5 nitrogen and oxygen atoms in total. The normalized spacial score (nSPS) is 11.4. The van der Waals surface area contributed by atoms with Crippen LogP contribution in [-0.4, -0.2) is 46.5 Å². The van der Waals surface area contributed by atoms with Crippen LogP contribution in [0.25, 0.3) is 0 Å². The highest BCUT2D eigenvalue weighted by Crippen LogP contribution is 2.31. The van der Waals surface area contributed by atoms with Crippen molar-refractivity contribution in [3.8, 4) is 0 Å². The van der Waals surface area contributed by atoms with Gasteiger partial charge in [0.05, 0.1) is 27.1 Å². The summed E-state index contributed by atoms with van der Waals surface area (Å²) in [5.41, 5.74) is -0.0306. The molecular formula is C11H12Cl3NO4S. The number of likely N-dealkylation sites (N-methyl/N-ethyl adjacent to an activating group) is 1. The van der Waals surface area contributed by atoms with E-state index in [1.165, 1.54) is 19.1 Å². The van der Waals surface area contributed by atoms with Crippen LogP contribution in [0.2, 0.25) is 10.0 Å². The molecule has 0 saturated carbocycles. The van der Waals surface area contributed by atoms with Gasteiger partial charge in [-0.15, -0.1) is 0 Å². The van der Waals surface area contributed by atoms with Gasteiger partial charge >= 0.3 is 0 Å². The monoisotopic (exact) mass is 359 g/mol. The Labute approximate surface area is 131 Å². The maximum Gasteiger partial charge on any atom is 0.261 e. The largest absolute Gasteiger partial charge is 0.383 e. The molecule has 0 atom stereocenters. The molecule has 0 heterocycles. The van der Waals surface area contributed by atoms with Gasteiger partial charge in [0.2, 0.25) is 0 Å². The third-order valence-corrected chi connectivity index (χ3v) is 4.63. The lowest BCUT2D eigenvalue weighted by Gasteiger charge is -2.18. The summed E-state index contributed by atoms with van der Waals surface area (Å²) in [6, 6.07) is 2.19. The third-order valence-electron chi connectivity index (χ3n) is 2.49. The highest BCUT2D eigenvalue weighted by atomic mass is 35.7. The summed E-state index contributed by atoms with van der Waals surface area (Å²) < 4.78 is 27.5. The van der Waals surface area contributed by atoms with Crippen molar-refractivity contribution in [3.05, 3.63) is 27.7 Å². The van der Waals surface area contributed by atoms with E-state index < -0.39 is 15.0 Å². The van der Waals surface area contributed by atoms with Crippen LogP contribution < -0.4 is 0 Å². The molecule has 0 fully saturated rings. The molecule has 112 valence electrons. The summed E-state index contributed by atoms with van der Waals surface area (Å²) in [6.07, 6.45) is 0. The molecule has 1 amide bonds. The number of carbonyl (C=O) groups excluding carboxylic acids is 1. The minimum atomic E-state index is -4.01. The molecule has 0 N–H and O–H groups in total. The molecule has 0 bridgehead atoms. The van der Waals surface area contributed by atoms with Crippen molar-refractivity contribution >= 4 is 48.8 Å². The Bertz CT molecular complexity index is 618. The third kappa shape index (κ3) is 4.23. The minimum absolute atomic E-state index is 0.0231. The zero-order valence-electron chi connectivity index (χ0n) is 10.7. The van der Waals surface area contributed by atoms with Crippen molar-refractivity contribution < 1.29 is 17.9 Å². The van der Waals surface area contributed by atoms with Gasteiger partial charge < -0.3 is 9.64 Å². The van der Waals surface area contributed by atoms with Crippen molar-refractivity contribution in [2.24, 2.45) is 0 Å². The molecule has 0 aliphatic carbocycles. The number of rotatable bonds is 5. The second-order valence-corrected chi connectivity index (χ2v) is 7.28. The minimum Gasteiger partial charge on any atom is -0.383 e. The van der Waals surface area contributed by atoms with E-state index in [0.29, 0.717) is 13.2 Å². The maximum absolute atomic E-state index is 12.2. The predicted molar refractivity (Wildman–Crippen MR) is 78.3 cm³/mol. The van der Waals surface area contributed by atoms with E-state index in [0.717, 1.165) is 12.1 Å². The van der Waals surface area contributed by atoms with Crippen molar-refractivity contribution in [1.82, 2.24) is 4.90 Å². The number of methoxy groups -OCH3 is 1. The molecule has 1 aromatic carbocycles. The van der Waals surface area contributed by atoms with Crippen molar-refractivity contribution in [1.29, 1.82) is 0 Å². The highest BCUT2D eigenvalue weighted by Gasteiger charge is 2.22. The smallest absolute Gasteiger partial charge is 0.261 e. The molecule has 20 heavy (non-hydrogen) atoms. The molecule has 1 rings (SSSR count). The lowest BCUT2D eigenvalue weighted by molar-refractivity contribution is 0.0744. The molecule has 0 aliphatic rings. The average Bonchev–Trinajstić information content (AvgIpc) is 2.36. The predicted octanol–water partition coefficient (Wildman–Crippen LogP) is 2.64. The van der Waals surface area contributed by atoms with Gasteiger partial charge in [0.15, 0.2) is 0 Å². The summed E-state index contributed by atoms with van der Waals surface area (Å²) in [7, 11) is 4.28. The molecule has 0 radical (unpaired) electrons. The summed E-state index contributed by atoms with van der Waals surface area (Å²) >= 11 is 11.8. The second kappa shape index (κ2) is 6.95.